The van der Waals surface area contributed by atoms with E-state index in [9.17, 15) is 4.79 Å². The van der Waals surface area contributed by atoms with Crippen molar-refractivity contribution in [3.05, 3.63) is 54.1 Å². The first-order valence-corrected chi connectivity index (χ1v) is 12.7. The summed E-state index contributed by atoms with van der Waals surface area (Å²) >= 11 is 0. The molecule has 1 fully saturated rings. The highest BCUT2D eigenvalue weighted by atomic mass is 28.4. The summed E-state index contributed by atoms with van der Waals surface area (Å²) in [7, 11) is -1.93. The first-order chi connectivity index (χ1) is 13.2. The number of aromatic amines is 1. The van der Waals surface area contributed by atoms with Gasteiger partial charge in [-0.25, -0.2) is 9.78 Å². The zero-order chi connectivity index (χ0) is 20.4. The van der Waals surface area contributed by atoms with Crippen molar-refractivity contribution in [1.29, 1.82) is 0 Å². The molecule has 7 heteroatoms. The third-order valence-electron chi connectivity index (χ3n) is 5.80. The number of carbonyl (C=O) groups excluding carboxylic acids is 1. The number of nitrogens with one attached hydrogen (secondary N) is 1. The fourth-order valence-corrected chi connectivity index (χ4v) is 4.56. The van der Waals surface area contributed by atoms with Crippen molar-refractivity contribution in [2.75, 3.05) is 6.54 Å². The molecule has 1 saturated heterocycles. The van der Waals surface area contributed by atoms with Crippen LogP contribution in [0, 0.1) is 0 Å². The second-order valence-corrected chi connectivity index (χ2v) is 13.7. The summed E-state index contributed by atoms with van der Waals surface area (Å²) in [4.78, 5) is 22.1. The van der Waals surface area contributed by atoms with Crippen LogP contribution in [0.3, 0.4) is 0 Å². The van der Waals surface area contributed by atoms with Gasteiger partial charge in [0.05, 0.1) is 12.1 Å². The molecule has 1 N–H and O–H groups in total. The minimum absolute atomic E-state index is 0.0136. The second-order valence-electron chi connectivity index (χ2n) is 8.92. The number of rotatable bonds is 5. The van der Waals surface area contributed by atoms with Crippen LogP contribution in [0.4, 0.5) is 4.79 Å². The van der Waals surface area contributed by atoms with Crippen molar-refractivity contribution in [3.8, 4) is 0 Å². The van der Waals surface area contributed by atoms with Crippen molar-refractivity contribution in [1.82, 2.24) is 14.9 Å². The third kappa shape index (κ3) is 4.64. The Labute approximate surface area is 168 Å². The van der Waals surface area contributed by atoms with Crippen LogP contribution < -0.4 is 0 Å². The molecule has 1 aromatic heterocycles. The molecule has 2 aromatic rings. The Morgan fingerprint density at radius 1 is 1.29 bits per heavy atom. The molecule has 0 radical (unpaired) electrons. The lowest BCUT2D eigenvalue weighted by Crippen LogP contribution is -2.44. The van der Waals surface area contributed by atoms with Crippen LogP contribution in [0.15, 0.2) is 42.7 Å². The normalized spacial score (nSPS) is 20.4. The Morgan fingerprint density at radius 2 is 2.00 bits per heavy atom. The predicted molar refractivity (Wildman–Crippen MR) is 111 cm³/mol. The van der Waals surface area contributed by atoms with E-state index in [1.54, 1.807) is 17.3 Å². The molecule has 1 aliphatic rings. The number of likely N-dealkylation sites (tertiary alicyclic amines) is 1. The van der Waals surface area contributed by atoms with Crippen LogP contribution in [0.25, 0.3) is 0 Å². The van der Waals surface area contributed by atoms with Gasteiger partial charge in [-0.15, -0.1) is 0 Å². The Morgan fingerprint density at radius 3 is 2.61 bits per heavy atom. The lowest BCUT2D eigenvalue weighted by molar-refractivity contribution is 0.0873. The molecule has 0 spiro atoms. The predicted octanol–water partition coefficient (Wildman–Crippen LogP) is 4.88. The topological polar surface area (TPSA) is 67.5 Å². The minimum Gasteiger partial charge on any atom is -0.445 e. The first-order valence-electron chi connectivity index (χ1n) is 9.82. The number of imidazole rings is 1. The quantitative estimate of drug-likeness (QED) is 0.725. The van der Waals surface area contributed by atoms with E-state index >= 15 is 0 Å². The number of hydrogen-bond donors (Lipinski definition) is 1. The summed E-state index contributed by atoms with van der Waals surface area (Å²) in [6.45, 7) is 11.9. The fourth-order valence-electron chi connectivity index (χ4n) is 3.20. The summed E-state index contributed by atoms with van der Waals surface area (Å²) in [6, 6.07) is 9.56. The van der Waals surface area contributed by atoms with E-state index in [0.29, 0.717) is 6.54 Å². The minimum atomic E-state index is -1.93. The van der Waals surface area contributed by atoms with Crippen LogP contribution in [0.5, 0.6) is 0 Å². The van der Waals surface area contributed by atoms with E-state index < -0.39 is 8.32 Å². The molecule has 2 heterocycles. The lowest BCUT2D eigenvalue weighted by Gasteiger charge is -2.38. The number of hydrogen-bond acceptors (Lipinski definition) is 4. The molecule has 0 unspecified atom stereocenters. The molecule has 0 bridgehead atoms. The van der Waals surface area contributed by atoms with Gasteiger partial charge in [0, 0.05) is 25.4 Å². The zero-order valence-electron chi connectivity index (χ0n) is 17.4. The highest BCUT2D eigenvalue weighted by Crippen LogP contribution is 2.41. The fraction of sp³-hybridized carbons (Fsp3) is 0.524. The molecule has 1 aromatic carbocycles. The van der Waals surface area contributed by atoms with Crippen LogP contribution in [0.1, 0.15) is 44.6 Å². The van der Waals surface area contributed by atoms with Crippen molar-refractivity contribution in [2.24, 2.45) is 0 Å². The molecule has 6 nitrogen and oxygen atoms in total. The van der Waals surface area contributed by atoms with Crippen LogP contribution >= 0.6 is 0 Å². The molecule has 2 atom stereocenters. The Balaban J connectivity index is 1.71. The molecule has 152 valence electrons. The van der Waals surface area contributed by atoms with Gasteiger partial charge in [0.25, 0.3) is 0 Å². The van der Waals surface area contributed by atoms with E-state index in [2.05, 4.69) is 43.8 Å². The van der Waals surface area contributed by atoms with Crippen molar-refractivity contribution in [2.45, 2.75) is 64.1 Å². The smallest absolute Gasteiger partial charge is 0.410 e. The summed E-state index contributed by atoms with van der Waals surface area (Å²) in [5.74, 6) is 0.776. The van der Waals surface area contributed by atoms with Crippen LogP contribution in [0.2, 0.25) is 18.1 Å². The highest BCUT2D eigenvalue weighted by Gasteiger charge is 2.45. The van der Waals surface area contributed by atoms with Gasteiger partial charge in [0.1, 0.15) is 12.4 Å². The molecule has 1 aliphatic heterocycles. The van der Waals surface area contributed by atoms with Crippen molar-refractivity contribution in [3.63, 3.8) is 0 Å². The molecule has 0 aliphatic carbocycles. The van der Waals surface area contributed by atoms with E-state index in [1.807, 2.05) is 30.3 Å². The molecule has 1 amide bonds. The molecule has 28 heavy (non-hydrogen) atoms. The van der Waals surface area contributed by atoms with Crippen LogP contribution in [-0.4, -0.2) is 41.9 Å². The summed E-state index contributed by atoms with van der Waals surface area (Å²) in [6.07, 6.45) is 3.88. The number of H-pyrrole nitrogens is 1. The largest absolute Gasteiger partial charge is 0.445 e. The number of nitrogens with zero attached hydrogens (tertiary/aromatic N) is 2. The van der Waals surface area contributed by atoms with Gasteiger partial charge in [-0.05, 0) is 23.7 Å². The van der Waals surface area contributed by atoms with E-state index in [0.717, 1.165) is 17.8 Å². The summed E-state index contributed by atoms with van der Waals surface area (Å²) in [5.41, 5.74) is 0.971. The average molecular weight is 402 g/mol. The van der Waals surface area contributed by atoms with Gasteiger partial charge in [-0.3, -0.25) is 4.90 Å². The SMILES string of the molecule is CC(C)(C)[Si](C)(C)O[C@@H]1C[C@@H](c2ncc[nH]2)N(C(=O)OCc2ccccc2)C1. The monoisotopic (exact) mass is 401 g/mol. The lowest BCUT2D eigenvalue weighted by atomic mass is 10.2. The molecular formula is C21H31N3O3Si. The standard InChI is InChI=1S/C21H31N3O3Si/c1-21(2,3)28(4,5)27-17-13-18(19-22-11-12-23-19)24(14-17)20(25)26-15-16-9-7-6-8-10-16/h6-12,17-18H,13-15H2,1-5H3,(H,22,23)/t17-,18+/m1/s1. The maximum Gasteiger partial charge on any atom is 0.410 e. The number of aromatic nitrogens is 2. The Bertz CT molecular complexity index is 772. The number of benzene rings is 1. The van der Waals surface area contributed by atoms with Gasteiger partial charge >= 0.3 is 6.09 Å². The third-order valence-corrected chi connectivity index (χ3v) is 10.3. The van der Waals surface area contributed by atoms with Gasteiger partial charge < -0.3 is 14.1 Å². The number of carbonyl (C=O) groups is 1. The molecule has 3 rings (SSSR count). The first kappa shape index (κ1) is 20.6. The Hall–Kier alpha value is -2.12. The second kappa shape index (κ2) is 8.09. The maximum absolute atomic E-state index is 12.9. The van der Waals surface area contributed by atoms with Gasteiger partial charge in [0.15, 0.2) is 8.32 Å². The van der Waals surface area contributed by atoms with E-state index in [1.165, 1.54) is 0 Å². The van der Waals surface area contributed by atoms with E-state index in [4.69, 9.17) is 9.16 Å². The van der Waals surface area contributed by atoms with Crippen molar-refractivity contribution < 1.29 is 14.0 Å². The Kier molecular flexibility index (Phi) is 5.95. The highest BCUT2D eigenvalue weighted by molar-refractivity contribution is 6.74. The van der Waals surface area contributed by atoms with Gasteiger partial charge in [0.2, 0.25) is 0 Å². The van der Waals surface area contributed by atoms with Crippen LogP contribution in [-0.2, 0) is 15.8 Å². The van der Waals surface area contributed by atoms with Gasteiger partial charge in [-0.2, -0.15) is 0 Å². The summed E-state index contributed by atoms with van der Waals surface area (Å²) in [5, 5.41) is 0.119. The number of amides is 1. The average Bonchev–Trinajstić information content (AvgIpc) is 3.28. The molecule has 0 saturated carbocycles. The summed E-state index contributed by atoms with van der Waals surface area (Å²) < 4.78 is 12.2. The van der Waals surface area contributed by atoms with Gasteiger partial charge in [-0.1, -0.05) is 51.1 Å². The van der Waals surface area contributed by atoms with E-state index in [-0.39, 0.29) is 29.9 Å². The maximum atomic E-state index is 12.9. The zero-order valence-corrected chi connectivity index (χ0v) is 18.4. The van der Waals surface area contributed by atoms with Crippen molar-refractivity contribution >= 4 is 14.4 Å². The molecular weight excluding hydrogens is 370 g/mol. The number of ether oxygens (including phenoxy) is 1.